The molecule has 0 aliphatic heterocycles. The molecule has 0 aromatic carbocycles. The number of nitriles is 1. The summed E-state index contributed by atoms with van der Waals surface area (Å²) in [7, 11) is 0. The molecule has 0 saturated heterocycles. The Hall–Kier alpha value is -1.01. The van der Waals surface area contributed by atoms with Gasteiger partial charge in [-0.1, -0.05) is 38.8 Å². The van der Waals surface area contributed by atoms with Crippen LogP contribution in [0.25, 0.3) is 0 Å². The molecule has 1 heterocycles. The Balaban J connectivity index is 2.90. The minimum Gasteiger partial charge on any atom is -0.252 e. The van der Waals surface area contributed by atoms with Crippen LogP contribution >= 0.6 is 11.6 Å². The Labute approximate surface area is 102 Å². The molecule has 0 unspecified atom stereocenters. The summed E-state index contributed by atoms with van der Waals surface area (Å²) in [5.74, 6) is 0.612. The van der Waals surface area contributed by atoms with E-state index in [2.05, 4.69) is 31.9 Å². The van der Waals surface area contributed by atoms with Crippen molar-refractivity contribution < 1.29 is 0 Å². The molecule has 1 aromatic rings. The summed E-state index contributed by atoms with van der Waals surface area (Å²) >= 11 is 6.13. The highest BCUT2D eigenvalue weighted by molar-refractivity contribution is 6.30. The highest BCUT2D eigenvalue weighted by atomic mass is 35.5. The van der Waals surface area contributed by atoms with Crippen LogP contribution in [-0.2, 0) is 13.0 Å². The molecule has 0 bridgehead atoms. The summed E-state index contributed by atoms with van der Waals surface area (Å²) in [6.45, 7) is 7.18. The molecule has 16 heavy (non-hydrogen) atoms. The first kappa shape index (κ1) is 13.1. The molecule has 0 aliphatic rings. The molecular weight excluding hydrogens is 222 g/mol. The van der Waals surface area contributed by atoms with Crippen LogP contribution in [0.15, 0.2) is 0 Å². The molecule has 88 valence electrons. The lowest BCUT2D eigenvalue weighted by Gasteiger charge is -2.05. The predicted octanol–water partition coefficient (Wildman–Crippen LogP) is 3.41. The third-order valence-corrected chi connectivity index (χ3v) is 2.86. The van der Waals surface area contributed by atoms with Gasteiger partial charge < -0.3 is 0 Å². The fourth-order valence-electron chi connectivity index (χ4n) is 1.54. The van der Waals surface area contributed by atoms with Gasteiger partial charge in [-0.15, -0.1) is 0 Å². The largest absolute Gasteiger partial charge is 0.252 e. The first-order valence-electron chi connectivity index (χ1n) is 5.75. The minimum absolute atomic E-state index is 0.492. The first-order valence-corrected chi connectivity index (χ1v) is 6.13. The normalized spacial score (nSPS) is 10.8. The van der Waals surface area contributed by atoms with Gasteiger partial charge >= 0.3 is 0 Å². The Bertz CT molecular complexity index is 388. The van der Waals surface area contributed by atoms with Crippen molar-refractivity contribution in [3.63, 3.8) is 0 Å². The van der Waals surface area contributed by atoms with Crippen molar-refractivity contribution in [1.82, 2.24) is 9.78 Å². The molecule has 1 aromatic heterocycles. The predicted molar refractivity (Wildman–Crippen MR) is 65.4 cm³/mol. The number of hydrogen-bond donors (Lipinski definition) is 0. The van der Waals surface area contributed by atoms with Gasteiger partial charge in [-0.25, -0.2) is 0 Å². The van der Waals surface area contributed by atoms with Crippen molar-refractivity contribution in [2.75, 3.05) is 0 Å². The molecule has 0 atom stereocenters. The zero-order valence-electron chi connectivity index (χ0n) is 10.1. The fraction of sp³-hybridized carbons (Fsp3) is 0.667. The van der Waals surface area contributed by atoms with Gasteiger partial charge in [-0.2, -0.15) is 10.4 Å². The zero-order valence-corrected chi connectivity index (χ0v) is 10.9. The second-order valence-electron chi connectivity index (χ2n) is 4.38. The third-order valence-electron chi connectivity index (χ3n) is 2.48. The van der Waals surface area contributed by atoms with Crippen LogP contribution in [0, 0.1) is 17.2 Å². The van der Waals surface area contributed by atoms with Crippen LogP contribution in [-0.4, -0.2) is 9.78 Å². The maximum atomic E-state index is 9.03. The summed E-state index contributed by atoms with van der Waals surface area (Å²) in [5, 5.41) is 13.9. The summed E-state index contributed by atoms with van der Waals surface area (Å²) in [4.78, 5) is 0. The monoisotopic (exact) mass is 239 g/mol. The molecule has 0 aliphatic carbocycles. The van der Waals surface area contributed by atoms with E-state index in [1.54, 1.807) is 4.68 Å². The van der Waals surface area contributed by atoms with E-state index in [0.717, 1.165) is 31.5 Å². The zero-order chi connectivity index (χ0) is 12.1. The Morgan fingerprint density at radius 1 is 1.50 bits per heavy atom. The minimum atomic E-state index is 0.492. The lowest BCUT2D eigenvalue weighted by Crippen LogP contribution is -2.03. The van der Waals surface area contributed by atoms with E-state index in [4.69, 9.17) is 16.9 Å². The second kappa shape index (κ2) is 5.91. The number of nitrogens with zero attached hydrogens (tertiary/aromatic N) is 3. The van der Waals surface area contributed by atoms with Crippen molar-refractivity contribution in [3.05, 3.63) is 16.4 Å². The van der Waals surface area contributed by atoms with Crippen molar-refractivity contribution in [3.8, 4) is 6.07 Å². The Morgan fingerprint density at radius 3 is 2.69 bits per heavy atom. The standard InChI is InChI=1S/C12H18ClN3/c1-4-5-11-10(8-14)12(13)16(15-11)7-6-9(2)3/h9H,4-7H2,1-3H3. The molecule has 0 N–H and O–H groups in total. The van der Waals surface area contributed by atoms with E-state index >= 15 is 0 Å². The third kappa shape index (κ3) is 2.99. The SMILES string of the molecule is CCCc1nn(CCC(C)C)c(Cl)c1C#N. The molecule has 0 amide bonds. The lowest BCUT2D eigenvalue weighted by molar-refractivity contribution is 0.484. The fourth-order valence-corrected chi connectivity index (χ4v) is 1.81. The van der Waals surface area contributed by atoms with Gasteiger partial charge in [0.15, 0.2) is 0 Å². The molecule has 0 fully saturated rings. The molecule has 3 nitrogen and oxygen atoms in total. The summed E-state index contributed by atoms with van der Waals surface area (Å²) in [6, 6.07) is 2.14. The average Bonchev–Trinajstić information content (AvgIpc) is 2.52. The quantitative estimate of drug-likeness (QED) is 0.790. The number of rotatable bonds is 5. The van der Waals surface area contributed by atoms with Gasteiger partial charge in [0, 0.05) is 6.54 Å². The molecule has 1 rings (SSSR count). The smallest absolute Gasteiger partial charge is 0.145 e. The van der Waals surface area contributed by atoms with Gasteiger partial charge in [0.25, 0.3) is 0 Å². The van der Waals surface area contributed by atoms with E-state index in [1.807, 2.05) is 0 Å². The van der Waals surface area contributed by atoms with Gasteiger partial charge in [0.2, 0.25) is 0 Å². The molecule has 0 saturated carbocycles. The van der Waals surface area contributed by atoms with Gasteiger partial charge in [0.05, 0.1) is 5.69 Å². The Kier molecular flexibility index (Phi) is 4.82. The van der Waals surface area contributed by atoms with Crippen LogP contribution in [0.1, 0.15) is 44.9 Å². The lowest BCUT2D eigenvalue weighted by atomic mass is 10.1. The second-order valence-corrected chi connectivity index (χ2v) is 4.74. The Morgan fingerprint density at radius 2 is 2.19 bits per heavy atom. The average molecular weight is 240 g/mol. The van der Waals surface area contributed by atoms with E-state index in [9.17, 15) is 0 Å². The summed E-state index contributed by atoms with van der Waals surface area (Å²) in [6.07, 6.45) is 2.82. The van der Waals surface area contributed by atoms with Crippen LogP contribution in [0.2, 0.25) is 5.15 Å². The number of aryl methyl sites for hydroxylation is 2. The number of aromatic nitrogens is 2. The molecule has 0 spiro atoms. The van der Waals surface area contributed by atoms with E-state index in [1.165, 1.54) is 0 Å². The van der Waals surface area contributed by atoms with Crippen molar-refractivity contribution >= 4 is 11.6 Å². The van der Waals surface area contributed by atoms with E-state index in [-0.39, 0.29) is 0 Å². The maximum Gasteiger partial charge on any atom is 0.145 e. The maximum absolute atomic E-state index is 9.03. The van der Waals surface area contributed by atoms with Crippen LogP contribution in [0.3, 0.4) is 0 Å². The molecular formula is C12H18ClN3. The molecule has 0 radical (unpaired) electrons. The van der Waals surface area contributed by atoms with Crippen LogP contribution in [0.4, 0.5) is 0 Å². The first-order chi connectivity index (χ1) is 7.60. The van der Waals surface area contributed by atoms with Crippen LogP contribution < -0.4 is 0 Å². The molecule has 4 heteroatoms. The van der Waals surface area contributed by atoms with Gasteiger partial charge in [-0.05, 0) is 18.8 Å². The topological polar surface area (TPSA) is 41.6 Å². The van der Waals surface area contributed by atoms with Crippen LogP contribution in [0.5, 0.6) is 0 Å². The van der Waals surface area contributed by atoms with Gasteiger partial charge in [0.1, 0.15) is 16.8 Å². The van der Waals surface area contributed by atoms with E-state index < -0.39 is 0 Å². The summed E-state index contributed by atoms with van der Waals surface area (Å²) < 4.78 is 1.76. The number of halogens is 1. The highest BCUT2D eigenvalue weighted by Gasteiger charge is 2.15. The van der Waals surface area contributed by atoms with Crippen molar-refractivity contribution in [2.45, 2.75) is 46.6 Å². The van der Waals surface area contributed by atoms with E-state index in [0.29, 0.717) is 16.6 Å². The number of hydrogen-bond acceptors (Lipinski definition) is 2. The van der Waals surface area contributed by atoms with Crippen molar-refractivity contribution in [2.24, 2.45) is 5.92 Å². The summed E-state index contributed by atoms with van der Waals surface area (Å²) in [5.41, 5.74) is 1.38. The van der Waals surface area contributed by atoms with Gasteiger partial charge in [-0.3, -0.25) is 4.68 Å². The highest BCUT2D eigenvalue weighted by Crippen LogP contribution is 2.21. The van der Waals surface area contributed by atoms with Crippen molar-refractivity contribution in [1.29, 1.82) is 5.26 Å².